The summed E-state index contributed by atoms with van der Waals surface area (Å²) in [6.07, 6.45) is 5.32. The Morgan fingerprint density at radius 3 is 2.32 bits per heavy atom. The largest absolute Gasteiger partial charge is 0.497 e. The molecule has 1 unspecified atom stereocenters. The van der Waals surface area contributed by atoms with Gasteiger partial charge in [-0.2, -0.15) is 0 Å². The van der Waals surface area contributed by atoms with Crippen molar-refractivity contribution in [1.82, 2.24) is 5.32 Å². The van der Waals surface area contributed by atoms with Crippen LogP contribution >= 0.6 is 0 Å². The van der Waals surface area contributed by atoms with Crippen LogP contribution in [-0.2, 0) is 4.79 Å². The molecule has 2 aromatic carbocycles. The van der Waals surface area contributed by atoms with Gasteiger partial charge in [-0.05, 0) is 61.7 Å². The minimum Gasteiger partial charge on any atom is -0.497 e. The van der Waals surface area contributed by atoms with Gasteiger partial charge in [0.25, 0.3) is 5.91 Å². The lowest BCUT2D eigenvalue weighted by molar-refractivity contribution is -0.123. The Morgan fingerprint density at radius 2 is 1.71 bits per heavy atom. The van der Waals surface area contributed by atoms with Crippen molar-refractivity contribution in [3.63, 3.8) is 0 Å². The molecule has 1 fully saturated rings. The van der Waals surface area contributed by atoms with Gasteiger partial charge in [0.1, 0.15) is 11.8 Å². The number of carbonyl (C=O) groups is 3. The summed E-state index contributed by atoms with van der Waals surface area (Å²) in [5.74, 6) is -0.328. The van der Waals surface area contributed by atoms with Gasteiger partial charge in [-0.15, -0.1) is 0 Å². The summed E-state index contributed by atoms with van der Waals surface area (Å²) in [5, 5.41) is 3.13. The Kier molecular flexibility index (Phi) is 7.11. The van der Waals surface area contributed by atoms with Crippen LogP contribution < -0.4 is 15.0 Å². The van der Waals surface area contributed by atoms with Gasteiger partial charge >= 0.3 is 0 Å². The van der Waals surface area contributed by atoms with Gasteiger partial charge in [-0.1, -0.05) is 37.1 Å². The van der Waals surface area contributed by atoms with Crippen molar-refractivity contribution in [3.05, 3.63) is 83.8 Å². The summed E-state index contributed by atoms with van der Waals surface area (Å²) in [4.78, 5) is 41.4. The van der Waals surface area contributed by atoms with Gasteiger partial charge < -0.3 is 14.5 Å². The number of ether oxygens (including phenoxy) is 1. The smallest absolute Gasteiger partial charge is 0.294 e. The van der Waals surface area contributed by atoms with Gasteiger partial charge in [0.15, 0.2) is 11.5 Å². The van der Waals surface area contributed by atoms with Crippen LogP contribution in [0.2, 0.25) is 0 Å². The van der Waals surface area contributed by atoms with E-state index in [-0.39, 0.29) is 23.5 Å². The third-order valence-corrected chi connectivity index (χ3v) is 6.13. The topological polar surface area (TPSA) is 88.8 Å². The van der Waals surface area contributed by atoms with Gasteiger partial charge in [0.2, 0.25) is 5.91 Å². The van der Waals surface area contributed by atoms with Crippen molar-refractivity contribution in [2.24, 2.45) is 0 Å². The molecule has 1 heterocycles. The number of anilines is 1. The minimum absolute atomic E-state index is 0.0527. The molecule has 1 aliphatic carbocycles. The normalized spacial score (nSPS) is 14.4. The average molecular weight is 461 g/mol. The summed E-state index contributed by atoms with van der Waals surface area (Å²) >= 11 is 0. The second kappa shape index (κ2) is 10.4. The van der Waals surface area contributed by atoms with E-state index < -0.39 is 11.9 Å². The molecular formula is C27H28N2O5. The van der Waals surface area contributed by atoms with Crippen LogP contribution in [0.3, 0.4) is 0 Å². The molecule has 0 bridgehead atoms. The molecule has 1 saturated carbocycles. The first-order chi connectivity index (χ1) is 16.5. The number of methoxy groups -OCH3 is 1. The molecular weight excluding hydrogens is 432 g/mol. The molecule has 0 radical (unpaired) electrons. The summed E-state index contributed by atoms with van der Waals surface area (Å²) in [6, 6.07) is 16.0. The zero-order valence-electron chi connectivity index (χ0n) is 19.3. The van der Waals surface area contributed by atoms with Crippen molar-refractivity contribution in [2.45, 2.75) is 44.7 Å². The maximum atomic E-state index is 13.8. The maximum absolute atomic E-state index is 13.8. The van der Waals surface area contributed by atoms with Crippen molar-refractivity contribution in [1.29, 1.82) is 0 Å². The fourth-order valence-corrected chi connectivity index (χ4v) is 4.42. The lowest BCUT2D eigenvalue weighted by Crippen LogP contribution is -2.46. The molecule has 7 heteroatoms. The fourth-order valence-electron chi connectivity index (χ4n) is 4.42. The molecule has 7 nitrogen and oxygen atoms in total. The molecule has 1 N–H and O–H groups in total. The molecule has 34 heavy (non-hydrogen) atoms. The van der Waals surface area contributed by atoms with E-state index in [1.165, 1.54) is 18.1 Å². The lowest BCUT2D eigenvalue weighted by Gasteiger charge is -2.32. The van der Waals surface area contributed by atoms with E-state index in [2.05, 4.69) is 5.32 Å². The Bertz CT molecular complexity index is 1150. The quantitative estimate of drug-likeness (QED) is 0.481. The number of rotatable bonds is 8. The molecule has 176 valence electrons. The first kappa shape index (κ1) is 23.3. The number of ketones is 1. The van der Waals surface area contributed by atoms with Gasteiger partial charge in [-0.3, -0.25) is 19.3 Å². The number of hydrogen-bond acceptors (Lipinski definition) is 5. The highest BCUT2D eigenvalue weighted by molar-refractivity contribution is 6.12. The summed E-state index contributed by atoms with van der Waals surface area (Å²) in [6.45, 7) is 1.44. The summed E-state index contributed by atoms with van der Waals surface area (Å²) < 4.78 is 10.7. The van der Waals surface area contributed by atoms with Gasteiger partial charge in [-0.25, -0.2) is 0 Å². The number of hydrogen-bond donors (Lipinski definition) is 1. The molecule has 0 aliphatic heterocycles. The number of amides is 2. The predicted octanol–water partition coefficient (Wildman–Crippen LogP) is 4.94. The van der Waals surface area contributed by atoms with E-state index in [1.54, 1.807) is 67.8 Å². The van der Waals surface area contributed by atoms with Crippen LogP contribution in [0.5, 0.6) is 5.75 Å². The van der Waals surface area contributed by atoms with Crippen LogP contribution in [0.25, 0.3) is 0 Å². The number of Topliss-reactive ketones (excluding diaryl/α,β-unsaturated/α-hetero) is 1. The second-order valence-electron chi connectivity index (χ2n) is 8.39. The molecule has 1 aromatic heterocycles. The first-order valence-corrected chi connectivity index (χ1v) is 11.4. The standard InChI is InChI=1S/C27H28N2O5/c1-18(30)22-10-5-6-11-23(22)29(27(32)24-12-7-17-34-24)25(19-13-15-21(33-2)16-14-19)26(31)28-20-8-3-4-9-20/h5-7,10-17,20,25H,3-4,8-9H2,1-2H3,(H,28,31). The van der Waals surface area contributed by atoms with E-state index >= 15 is 0 Å². The minimum atomic E-state index is -1.02. The highest BCUT2D eigenvalue weighted by Gasteiger charge is 2.37. The molecule has 4 rings (SSSR count). The van der Waals surface area contributed by atoms with Gasteiger partial charge in [0.05, 0.1) is 19.1 Å². The Labute approximate surface area is 198 Å². The van der Waals surface area contributed by atoms with Crippen LogP contribution in [0.1, 0.15) is 65.1 Å². The highest BCUT2D eigenvalue weighted by atomic mass is 16.5. The summed E-state index contributed by atoms with van der Waals surface area (Å²) in [7, 11) is 1.56. The van der Waals surface area contributed by atoms with E-state index in [4.69, 9.17) is 9.15 Å². The average Bonchev–Trinajstić information content (AvgIpc) is 3.57. The zero-order valence-corrected chi connectivity index (χ0v) is 19.3. The van der Waals surface area contributed by atoms with Crippen LogP contribution in [0, 0.1) is 0 Å². The molecule has 0 saturated heterocycles. The van der Waals surface area contributed by atoms with Crippen molar-refractivity contribution in [2.75, 3.05) is 12.0 Å². The molecule has 2 amide bonds. The van der Waals surface area contributed by atoms with Crippen LogP contribution in [0.4, 0.5) is 5.69 Å². The number of carbonyl (C=O) groups excluding carboxylic acids is 3. The third kappa shape index (κ3) is 4.88. The number of nitrogens with zero attached hydrogens (tertiary/aromatic N) is 1. The van der Waals surface area contributed by atoms with Crippen molar-refractivity contribution >= 4 is 23.3 Å². The Balaban J connectivity index is 1.86. The van der Waals surface area contributed by atoms with Crippen LogP contribution in [0.15, 0.2) is 71.3 Å². The second-order valence-corrected chi connectivity index (χ2v) is 8.39. The Morgan fingerprint density at radius 1 is 1.00 bits per heavy atom. The van der Waals surface area contributed by atoms with E-state index in [1.807, 2.05) is 0 Å². The van der Waals surface area contributed by atoms with Crippen molar-refractivity contribution < 1.29 is 23.5 Å². The predicted molar refractivity (Wildman–Crippen MR) is 128 cm³/mol. The third-order valence-electron chi connectivity index (χ3n) is 6.13. The van der Waals surface area contributed by atoms with Crippen molar-refractivity contribution in [3.8, 4) is 5.75 Å². The number of benzene rings is 2. The number of para-hydroxylation sites is 1. The van der Waals surface area contributed by atoms with E-state index in [0.29, 0.717) is 22.6 Å². The monoisotopic (exact) mass is 460 g/mol. The molecule has 1 atom stereocenters. The zero-order chi connectivity index (χ0) is 24.1. The fraction of sp³-hybridized carbons (Fsp3) is 0.296. The molecule has 0 spiro atoms. The van der Waals surface area contributed by atoms with Gasteiger partial charge in [0, 0.05) is 11.6 Å². The first-order valence-electron chi connectivity index (χ1n) is 11.4. The number of furan rings is 1. The van der Waals surface area contributed by atoms with E-state index in [9.17, 15) is 14.4 Å². The number of nitrogens with one attached hydrogen (secondary N) is 1. The highest BCUT2D eigenvalue weighted by Crippen LogP contribution is 2.34. The molecule has 1 aliphatic rings. The molecule has 3 aromatic rings. The maximum Gasteiger partial charge on any atom is 0.294 e. The lowest BCUT2D eigenvalue weighted by atomic mass is 9.99. The SMILES string of the molecule is COc1ccc(C(C(=O)NC2CCCC2)N(C(=O)c2ccco2)c2ccccc2C(C)=O)cc1. The van der Waals surface area contributed by atoms with Crippen LogP contribution in [-0.4, -0.2) is 30.7 Å². The Hall–Kier alpha value is -3.87. The van der Waals surface area contributed by atoms with E-state index in [0.717, 1.165) is 25.7 Å². The summed E-state index contributed by atoms with van der Waals surface area (Å²) in [5.41, 5.74) is 1.28.